The van der Waals surface area contributed by atoms with Crippen molar-refractivity contribution in [3.8, 4) is 16.9 Å². The Bertz CT molecular complexity index is 1180. The average Bonchev–Trinajstić information content (AvgIpc) is 3.02. The molecule has 3 aromatic heterocycles. The Labute approximate surface area is 155 Å². The highest BCUT2D eigenvalue weighted by molar-refractivity contribution is 8.09. The van der Waals surface area contributed by atoms with Crippen molar-refractivity contribution in [2.24, 2.45) is 0 Å². The summed E-state index contributed by atoms with van der Waals surface area (Å²) in [5.74, 6) is -0.792. The summed E-state index contributed by atoms with van der Waals surface area (Å²) >= 11 is 0. The molecule has 27 heavy (non-hydrogen) atoms. The third-order valence-corrected chi connectivity index (χ3v) is 6.56. The van der Waals surface area contributed by atoms with Gasteiger partial charge in [-0.3, -0.25) is 4.98 Å². The number of hydrogen-bond donors (Lipinski definition) is 0. The molecule has 3 heterocycles. The van der Waals surface area contributed by atoms with Gasteiger partial charge >= 0.3 is 0 Å². The molecular weight excluding hydrogens is 397 g/mol. The molecule has 0 fully saturated rings. The molecule has 0 aliphatic heterocycles. The van der Waals surface area contributed by atoms with E-state index in [4.69, 9.17) is 0 Å². The molecule has 142 valence electrons. The number of rotatable bonds is 5. The van der Waals surface area contributed by atoms with Crippen LogP contribution in [-0.4, -0.2) is 49.1 Å². The lowest BCUT2D eigenvalue weighted by atomic mass is 10.2. The second kappa shape index (κ2) is 6.70. The van der Waals surface area contributed by atoms with Gasteiger partial charge in [-0.2, -0.15) is 5.10 Å². The first-order valence-electron chi connectivity index (χ1n) is 7.39. The first-order chi connectivity index (χ1) is 12.6. The van der Waals surface area contributed by atoms with Gasteiger partial charge in [-0.1, -0.05) is 6.07 Å². The van der Waals surface area contributed by atoms with Crippen LogP contribution in [0.3, 0.4) is 0 Å². The van der Waals surface area contributed by atoms with E-state index >= 15 is 0 Å². The van der Waals surface area contributed by atoms with Gasteiger partial charge in [-0.05, 0) is 12.1 Å². The standard InChI is InChI=1S/C15H14FN5O4S2/c1-26(22,23)21(27(2,24)25)15-5-3-4-14(19-15)11-7-18-20(10-11)13-6-12(16)8-17-9-13/h3-10H,1-2H3. The van der Waals surface area contributed by atoms with Crippen LogP contribution in [0.25, 0.3) is 16.9 Å². The normalized spacial score (nSPS) is 12.1. The third kappa shape index (κ3) is 4.11. The van der Waals surface area contributed by atoms with Crippen molar-refractivity contribution in [3.05, 3.63) is 54.9 Å². The molecule has 0 N–H and O–H groups in total. The SMILES string of the molecule is CS(=O)(=O)N(c1cccc(-c2cnn(-c3cncc(F)c3)c2)n1)S(C)(=O)=O. The molecule has 0 atom stereocenters. The van der Waals surface area contributed by atoms with Crippen LogP contribution in [0, 0.1) is 5.82 Å². The molecule has 0 spiro atoms. The zero-order valence-electron chi connectivity index (χ0n) is 14.2. The van der Waals surface area contributed by atoms with Crippen molar-refractivity contribution in [1.29, 1.82) is 0 Å². The number of anilines is 1. The molecule has 0 aromatic carbocycles. The van der Waals surface area contributed by atoms with Crippen LogP contribution in [0.1, 0.15) is 0 Å². The quantitative estimate of drug-likeness (QED) is 0.619. The Morgan fingerprint density at radius 2 is 1.74 bits per heavy atom. The van der Waals surface area contributed by atoms with Gasteiger partial charge in [0.25, 0.3) is 0 Å². The summed E-state index contributed by atoms with van der Waals surface area (Å²) in [4.78, 5) is 7.87. The number of aromatic nitrogens is 4. The monoisotopic (exact) mass is 411 g/mol. The molecule has 0 saturated heterocycles. The molecule has 0 radical (unpaired) electrons. The molecule has 0 saturated carbocycles. The van der Waals surface area contributed by atoms with Crippen molar-refractivity contribution >= 4 is 25.9 Å². The zero-order chi connectivity index (χ0) is 19.8. The fourth-order valence-electron chi connectivity index (χ4n) is 2.39. The lowest BCUT2D eigenvalue weighted by molar-refractivity contribution is 0.590. The van der Waals surface area contributed by atoms with E-state index in [1.807, 2.05) is 0 Å². The van der Waals surface area contributed by atoms with Gasteiger partial charge in [0.15, 0.2) is 5.82 Å². The minimum absolute atomic E-state index is 0.254. The second-order valence-corrected chi connectivity index (χ2v) is 9.53. The van der Waals surface area contributed by atoms with Gasteiger partial charge in [0, 0.05) is 17.8 Å². The van der Waals surface area contributed by atoms with Gasteiger partial charge in [0.05, 0.1) is 42.5 Å². The highest BCUT2D eigenvalue weighted by Crippen LogP contribution is 2.24. The molecule has 12 heteroatoms. The molecule has 9 nitrogen and oxygen atoms in total. The molecule has 0 aliphatic rings. The number of hydrogen-bond acceptors (Lipinski definition) is 7. The molecular formula is C15H14FN5O4S2. The van der Waals surface area contributed by atoms with Crippen LogP contribution in [0.2, 0.25) is 0 Å². The van der Waals surface area contributed by atoms with Gasteiger partial charge in [0.2, 0.25) is 20.0 Å². The minimum Gasteiger partial charge on any atom is -0.259 e. The largest absolute Gasteiger partial charge is 0.259 e. The smallest absolute Gasteiger partial charge is 0.246 e. The van der Waals surface area contributed by atoms with Gasteiger partial charge in [-0.25, -0.2) is 30.9 Å². The summed E-state index contributed by atoms with van der Waals surface area (Å²) < 4.78 is 62.5. The maximum Gasteiger partial charge on any atom is 0.246 e. The van der Waals surface area contributed by atoms with Crippen LogP contribution in [0.5, 0.6) is 0 Å². The lowest BCUT2D eigenvalue weighted by Crippen LogP contribution is -2.35. The van der Waals surface area contributed by atoms with Crippen LogP contribution in [0.15, 0.2) is 49.1 Å². The summed E-state index contributed by atoms with van der Waals surface area (Å²) in [6.07, 6.45) is 6.99. The van der Waals surface area contributed by atoms with Gasteiger partial charge in [0.1, 0.15) is 5.82 Å². The number of halogens is 1. The molecule has 3 rings (SSSR count). The fourth-order valence-corrected chi connectivity index (χ4v) is 5.24. The van der Waals surface area contributed by atoms with Crippen molar-refractivity contribution in [3.63, 3.8) is 0 Å². The predicted octanol–water partition coefficient (Wildman–Crippen LogP) is 1.19. The first-order valence-corrected chi connectivity index (χ1v) is 11.1. The van der Waals surface area contributed by atoms with Gasteiger partial charge < -0.3 is 0 Å². The average molecular weight is 411 g/mol. The summed E-state index contributed by atoms with van der Waals surface area (Å²) in [5.41, 5.74) is 1.15. The van der Waals surface area contributed by atoms with E-state index < -0.39 is 25.9 Å². The van der Waals surface area contributed by atoms with Crippen LogP contribution < -0.4 is 3.71 Å². The van der Waals surface area contributed by atoms with Crippen molar-refractivity contribution < 1.29 is 21.2 Å². The lowest BCUT2D eigenvalue weighted by Gasteiger charge is -2.18. The molecule has 0 bridgehead atoms. The molecule has 0 unspecified atom stereocenters. The van der Waals surface area contributed by atoms with E-state index in [0.717, 1.165) is 18.7 Å². The van der Waals surface area contributed by atoms with E-state index in [9.17, 15) is 21.2 Å². The molecule has 0 aliphatic carbocycles. The van der Waals surface area contributed by atoms with Crippen molar-refractivity contribution in [1.82, 2.24) is 19.7 Å². The van der Waals surface area contributed by atoms with Crippen LogP contribution >= 0.6 is 0 Å². The van der Waals surface area contributed by atoms with Gasteiger partial charge in [-0.15, -0.1) is 3.71 Å². The summed E-state index contributed by atoms with van der Waals surface area (Å²) in [5, 5.41) is 4.10. The molecule has 0 amide bonds. The Morgan fingerprint density at radius 1 is 1.04 bits per heavy atom. The maximum atomic E-state index is 13.3. The predicted molar refractivity (Wildman–Crippen MR) is 96.7 cm³/mol. The Balaban J connectivity index is 2.04. The Kier molecular flexibility index (Phi) is 4.70. The number of pyridine rings is 2. The Hall–Kier alpha value is -2.86. The minimum atomic E-state index is -4.11. The van der Waals surface area contributed by atoms with Crippen LogP contribution in [-0.2, 0) is 20.0 Å². The molecule has 3 aromatic rings. The summed E-state index contributed by atoms with van der Waals surface area (Å²) in [6, 6.07) is 5.55. The summed E-state index contributed by atoms with van der Waals surface area (Å²) in [6.45, 7) is 0. The second-order valence-electron chi connectivity index (χ2n) is 5.64. The van der Waals surface area contributed by atoms with E-state index in [1.54, 1.807) is 6.07 Å². The van der Waals surface area contributed by atoms with Crippen molar-refractivity contribution in [2.45, 2.75) is 0 Å². The van der Waals surface area contributed by atoms with E-state index in [1.165, 1.54) is 41.5 Å². The highest BCUT2D eigenvalue weighted by Gasteiger charge is 2.28. The van der Waals surface area contributed by atoms with Crippen LogP contribution in [0.4, 0.5) is 10.2 Å². The fraction of sp³-hybridized carbons (Fsp3) is 0.133. The topological polar surface area (TPSA) is 115 Å². The number of sulfonamides is 2. The number of nitrogens with zero attached hydrogens (tertiary/aromatic N) is 5. The van der Waals surface area contributed by atoms with E-state index in [0.29, 0.717) is 16.9 Å². The van der Waals surface area contributed by atoms with Crippen molar-refractivity contribution in [2.75, 3.05) is 16.2 Å². The van der Waals surface area contributed by atoms with E-state index in [2.05, 4.69) is 15.1 Å². The Morgan fingerprint density at radius 3 is 2.37 bits per heavy atom. The van der Waals surface area contributed by atoms with E-state index in [-0.39, 0.29) is 9.53 Å². The first kappa shape index (κ1) is 18.9. The summed E-state index contributed by atoms with van der Waals surface area (Å²) in [7, 11) is -8.21. The third-order valence-electron chi connectivity index (χ3n) is 3.36. The highest BCUT2D eigenvalue weighted by atomic mass is 32.3. The zero-order valence-corrected chi connectivity index (χ0v) is 15.8. The maximum absolute atomic E-state index is 13.3.